The van der Waals surface area contributed by atoms with Crippen LogP contribution in [-0.2, 0) is 10.0 Å². The first-order valence-corrected chi connectivity index (χ1v) is 8.99. The molecular weight excluding hydrogens is 296 g/mol. The van der Waals surface area contributed by atoms with Crippen molar-refractivity contribution in [2.45, 2.75) is 31.7 Å². The molecule has 1 aromatic carbocycles. The minimum Gasteiger partial charge on any atom is -0.313 e. The largest absolute Gasteiger partial charge is 0.313 e. The first-order chi connectivity index (χ1) is 9.50. The third-order valence-corrected chi connectivity index (χ3v) is 5.37. The van der Waals surface area contributed by atoms with Crippen LogP contribution in [-0.4, -0.2) is 33.3 Å². The molecule has 0 aromatic heterocycles. The molecule has 0 saturated heterocycles. The molecule has 0 aliphatic heterocycles. The van der Waals surface area contributed by atoms with Crippen LogP contribution >= 0.6 is 11.6 Å². The second-order valence-electron chi connectivity index (χ2n) is 5.19. The summed E-state index contributed by atoms with van der Waals surface area (Å²) in [5.74, 6) is 0.707. The quantitative estimate of drug-likeness (QED) is 0.810. The van der Waals surface area contributed by atoms with Gasteiger partial charge in [0.15, 0.2) is 0 Å². The van der Waals surface area contributed by atoms with E-state index in [0.717, 1.165) is 17.9 Å². The molecule has 0 amide bonds. The number of halogens is 1. The molecule has 1 aliphatic carbocycles. The summed E-state index contributed by atoms with van der Waals surface area (Å²) in [6.45, 7) is 2.74. The van der Waals surface area contributed by atoms with Crippen LogP contribution in [0.2, 0.25) is 5.02 Å². The number of nitrogens with one attached hydrogen (secondary N) is 2. The minimum absolute atomic E-state index is 0.142. The van der Waals surface area contributed by atoms with Gasteiger partial charge in [0.25, 0.3) is 0 Å². The molecule has 6 heteroatoms. The molecule has 0 unspecified atom stereocenters. The van der Waals surface area contributed by atoms with Crippen molar-refractivity contribution in [1.82, 2.24) is 10.0 Å². The summed E-state index contributed by atoms with van der Waals surface area (Å²) >= 11 is 5.87. The molecule has 2 N–H and O–H groups in total. The number of hydrogen-bond acceptors (Lipinski definition) is 3. The average molecular weight is 317 g/mol. The van der Waals surface area contributed by atoms with Gasteiger partial charge in [0.05, 0.1) is 5.75 Å². The van der Waals surface area contributed by atoms with Gasteiger partial charge in [0, 0.05) is 24.2 Å². The molecule has 1 aromatic rings. The zero-order chi connectivity index (χ0) is 14.6. The van der Waals surface area contributed by atoms with Crippen LogP contribution in [0.3, 0.4) is 0 Å². The van der Waals surface area contributed by atoms with Gasteiger partial charge in [0.2, 0.25) is 10.0 Å². The first-order valence-electron chi connectivity index (χ1n) is 6.96. The maximum absolute atomic E-state index is 11.5. The van der Waals surface area contributed by atoms with Gasteiger partial charge in [-0.1, -0.05) is 30.7 Å². The van der Waals surface area contributed by atoms with Crippen molar-refractivity contribution in [1.29, 1.82) is 0 Å². The molecule has 20 heavy (non-hydrogen) atoms. The lowest BCUT2D eigenvalue weighted by Crippen LogP contribution is -2.43. The Kier molecular flexibility index (Phi) is 5.43. The van der Waals surface area contributed by atoms with Gasteiger partial charge in [0.1, 0.15) is 0 Å². The van der Waals surface area contributed by atoms with Crippen LogP contribution in [0.1, 0.15) is 31.2 Å². The van der Waals surface area contributed by atoms with Gasteiger partial charge in [-0.25, -0.2) is 13.1 Å². The molecule has 0 atom stereocenters. The maximum atomic E-state index is 11.5. The van der Waals surface area contributed by atoms with Crippen molar-refractivity contribution < 1.29 is 8.42 Å². The predicted molar refractivity (Wildman–Crippen MR) is 82.7 cm³/mol. The maximum Gasteiger partial charge on any atom is 0.212 e. The van der Waals surface area contributed by atoms with Gasteiger partial charge >= 0.3 is 0 Å². The molecule has 0 spiro atoms. The Balaban J connectivity index is 1.68. The summed E-state index contributed by atoms with van der Waals surface area (Å²) in [7, 11) is -3.11. The lowest BCUT2D eigenvalue weighted by atomic mass is 9.76. The topological polar surface area (TPSA) is 58.2 Å². The van der Waals surface area contributed by atoms with Gasteiger partial charge in [-0.15, -0.1) is 0 Å². The summed E-state index contributed by atoms with van der Waals surface area (Å²) in [4.78, 5) is 0. The highest BCUT2D eigenvalue weighted by Gasteiger charge is 2.29. The summed E-state index contributed by atoms with van der Waals surface area (Å²) in [6, 6.07) is 8.39. The van der Waals surface area contributed by atoms with Crippen molar-refractivity contribution in [3.05, 3.63) is 34.9 Å². The number of benzene rings is 1. The smallest absolute Gasteiger partial charge is 0.212 e. The van der Waals surface area contributed by atoms with Crippen molar-refractivity contribution in [2.24, 2.45) is 0 Å². The van der Waals surface area contributed by atoms with E-state index in [1.54, 1.807) is 6.92 Å². The van der Waals surface area contributed by atoms with Crippen LogP contribution in [0.4, 0.5) is 0 Å². The third-order valence-electron chi connectivity index (χ3n) is 3.65. The molecule has 0 bridgehead atoms. The Bertz CT molecular complexity index is 525. The van der Waals surface area contributed by atoms with Crippen LogP contribution in [0.25, 0.3) is 0 Å². The molecule has 1 aliphatic rings. The SMILES string of the molecule is CCNS(=O)(=O)CCNC1CC(c2ccc(Cl)cc2)C1. The molecule has 4 nitrogen and oxygen atoms in total. The van der Waals surface area contributed by atoms with E-state index < -0.39 is 10.0 Å². The minimum atomic E-state index is -3.11. The fourth-order valence-corrected chi connectivity index (χ4v) is 3.58. The van der Waals surface area contributed by atoms with Crippen LogP contribution < -0.4 is 10.0 Å². The van der Waals surface area contributed by atoms with E-state index in [1.165, 1.54) is 5.56 Å². The van der Waals surface area contributed by atoms with E-state index >= 15 is 0 Å². The zero-order valence-electron chi connectivity index (χ0n) is 11.6. The van der Waals surface area contributed by atoms with Gasteiger partial charge in [-0.3, -0.25) is 0 Å². The van der Waals surface area contributed by atoms with Gasteiger partial charge < -0.3 is 5.32 Å². The second-order valence-corrected chi connectivity index (χ2v) is 7.55. The standard InChI is InChI=1S/C14H21ClN2O2S/c1-2-17-20(18,19)8-7-16-14-9-12(10-14)11-3-5-13(15)6-4-11/h3-6,12,14,16-17H,2,7-10H2,1H3. The number of sulfonamides is 1. The highest BCUT2D eigenvalue weighted by Crippen LogP contribution is 2.37. The molecule has 0 heterocycles. The summed E-state index contributed by atoms with van der Waals surface area (Å²) in [6.07, 6.45) is 2.12. The Morgan fingerprint density at radius 1 is 1.25 bits per heavy atom. The second kappa shape index (κ2) is 6.89. The highest BCUT2D eigenvalue weighted by atomic mass is 35.5. The van der Waals surface area contributed by atoms with Gasteiger partial charge in [-0.2, -0.15) is 0 Å². The Hall–Kier alpha value is -0.620. The van der Waals surface area contributed by atoms with Crippen molar-refractivity contribution in [3.63, 3.8) is 0 Å². The predicted octanol–water partition coefficient (Wildman–Crippen LogP) is 2.11. The Labute approximate surface area is 126 Å². The van der Waals surface area contributed by atoms with Crippen molar-refractivity contribution in [3.8, 4) is 0 Å². The Morgan fingerprint density at radius 3 is 2.50 bits per heavy atom. The highest BCUT2D eigenvalue weighted by molar-refractivity contribution is 7.89. The molecule has 0 radical (unpaired) electrons. The van der Waals surface area contributed by atoms with E-state index in [2.05, 4.69) is 22.2 Å². The van der Waals surface area contributed by atoms with Crippen molar-refractivity contribution >= 4 is 21.6 Å². The van der Waals surface area contributed by atoms with Crippen molar-refractivity contribution in [2.75, 3.05) is 18.8 Å². The van der Waals surface area contributed by atoms with Crippen LogP contribution in [0, 0.1) is 0 Å². The van der Waals surface area contributed by atoms with Gasteiger partial charge in [-0.05, 0) is 36.5 Å². The fraction of sp³-hybridized carbons (Fsp3) is 0.571. The van der Waals surface area contributed by atoms with E-state index in [-0.39, 0.29) is 5.75 Å². The van der Waals surface area contributed by atoms with Crippen LogP contribution in [0.5, 0.6) is 0 Å². The monoisotopic (exact) mass is 316 g/mol. The Morgan fingerprint density at radius 2 is 1.90 bits per heavy atom. The van der Waals surface area contributed by atoms with E-state index in [9.17, 15) is 8.42 Å². The lowest BCUT2D eigenvalue weighted by Gasteiger charge is -2.36. The molecular formula is C14H21ClN2O2S. The first kappa shape index (κ1) is 15.8. The number of rotatable bonds is 7. The summed E-state index contributed by atoms with van der Waals surface area (Å²) in [5, 5.41) is 4.06. The van der Waals surface area contributed by atoms with E-state index in [0.29, 0.717) is 25.0 Å². The molecule has 2 rings (SSSR count). The summed E-state index contributed by atoms with van der Waals surface area (Å²) < 4.78 is 25.4. The summed E-state index contributed by atoms with van der Waals surface area (Å²) in [5.41, 5.74) is 1.31. The fourth-order valence-electron chi connectivity index (χ4n) is 2.48. The number of hydrogen-bond donors (Lipinski definition) is 2. The molecule has 1 fully saturated rings. The van der Waals surface area contributed by atoms with E-state index in [4.69, 9.17) is 11.6 Å². The molecule has 1 saturated carbocycles. The van der Waals surface area contributed by atoms with Crippen LogP contribution in [0.15, 0.2) is 24.3 Å². The average Bonchev–Trinajstić information content (AvgIpc) is 2.33. The normalized spacial score (nSPS) is 22.5. The zero-order valence-corrected chi connectivity index (χ0v) is 13.2. The van der Waals surface area contributed by atoms with E-state index in [1.807, 2.05) is 12.1 Å². The lowest BCUT2D eigenvalue weighted by molar-refractivity contribution is 0.296. The third kappa shape index (κ3) is 4.45. The molecule has 112 valence electrons.